The third kappa shape index (κ3) is 2.51. The summed E-state index contributed by atoms with van der Waals surface area (Å²) in [6.07, 6.45) is 0. The van der Waals surface area contributed by atoms with Crippen LogP contribution in [0.3, 0.4) is 0 Å². The van der Waals surface area contributed by atoms with E-state index in [-0.39, 0.29) is 0 Å². The molecule has 0 aromatic carbocycles. The van der Waals surface area contributed by atoms with Crippen LogP contribution in [0.2, 0.25) is 0 Å². The first-order chi connectivity index (χ1) is 5.72. The number of rotatable bonds is 3. The smallest absolute Gasteiger partial charge is 0.126 e. The molecule has 0 fully saturated rings. The number of nitrogens with one attached hydrogen (secondary N) is 1. The Morgan fingerprint density at radius 1 is 1.42 bits per heavy atom. The van der Waals surface area contributed by atoms with Crippen LogP contribution >= 0.6 is 0 Å². The molecule has 0 unspecified atom stereocenters. The molecule has 3 heteroatoms. The van der Waals surface area contributed by atoms with E-state index in [9.17, 15) is 0 Å². The lowest BCUT2D eigenvalue weighted by Crippen LogP contribution is -2.14. The predicted molar refractivity (Wildman–Crippen MR) is 51.3 cm³/mol. The lowest BCUT2D eigenvalue weighted by Gasteiger charge is -2.05. The van der Waals surface area contributed by atoms with E-state index >= 15 is 0 Å². The lowest BCUT2D eigenvalue weighted by molar-refractivity contribution is 1.00. The van der Waals surface area contributed by atoms with E-state index in [1.165, 1.54) is 5.56 Å². The van der Waals surface area contributed by atoms with Crippen molar-refractivity contribution < 1.29 is 0 Å². The van der Waals surface area contributed by atoms with Gasteiger partial charge in [0.05, 0.1) is 0 Å². The molecule has 0 radical (unpaired) electrons. The van der Waals surface area contributed by atoms with Gasteiger partial charge in [0.15, 0.2) is 0 Å². The van der Waals surface area contributed by atoms with E-state index in [0.717, 1.165) is 18.1 Å². The number of hydrogen-bond donors (Lipinski definition) is 2. The summed E-state index contributed by atoms with van der Waals surface area (Å²) in [5.74, 6) is 0.915. The average molecular weight is 165 g/mol. The van der Waals surface area contributed by atoms with Crippen LogP contribution in [0.5, 0.6) is 0 Å². The van der Waals surface area contributed by atoms with Crippen molar-refractivity contribution in [1.29, 1.82) is 0 Å². The molecule has 1 aromatic rings. The summed E-state index contributed by atoms with van der Waals surface area (Å²) in [7, 11) is 0. The molecule has 1 aromatic heterocycles. The maximum atomic E-state index is 5.36. The van der Waals surface area contributed by atoms with Crippen LogP contribution in [0.4, 0.5) is 5.82 Å². The Hall–Kier alpha value is -1.09. The van der Waals surface area contributed by atoms with Gasteiger partial charge in [-0.25, -0.2) is 4.98 Å². The van der Waals surface area contributed by atoms with E-state index in [0.29, 0.717) is 6.54 Å². The van der Waals surface area contributed by atoms with Crippen molar-refractivity contribution in [3.63, 3.8) is 0 Å². The van der Waals surface area contributed by atoms with E-state index < -0.39 is 0 Å². The van der Waals surface area contributed by atoms with Crippen molar-refractivity contribution in [2.75, 3.05) is 18.4 Å². The number of aryl methyl sites for hydroxylation is 2. The Labute approximate surface area is 73.0 Å². The Balaban J connectivity index is 2.72. The second-order valence-corrected chi connectivity index (χ2v) is 2.89. The molecule has 0 aliphatic rings. The fourth-order valence-corrected chi connectivity index (χ4v) is 1.13. The molecule has 3 N–H and O–H groups in total. The Kier molecular flexibility index (Phi) is 3.05. The lowest BCUT2D eigenvalue weighted by atomic mass is 10.2. The Morgan fingerprint density at radius 3 is 2.75 bits per heavy atom. The van der Waals surface area contributed by atoms with Gasteiger partial charge in [0.1, 0.15) is 5.82 Å². The van der Waals surface area contributed by atoms with Gasteiger partial charge in [-0.2, -0.15) is 0 Å². The van der Waals surface area contributed by atoms with Crippen molar-refractivity contribution in [1.82, 2.24) is 4.98 Å². The first-order valence-corrected chi connectivity index (χ1v) is 4.11. The van der Waals surface area contributed by atoms with Gasteiger partial charge in [-0.05, 0) is 31.5 Å². The van der Waals surface area contributed by atoms with E-state index in [4.69, 9.17) is 5.73 Å². The maximum Gasteiger partial charge on any atom is 0.126 e. The van der Waals surface area contributed by atoms with Gasteiger partial charge in [-0.3, -0.25) is 0 Å². The molecule has 0 saturated carbocycles. The number of pyridine rings is 1. The monoisotopic (exact) mass is 165 g/mol. The molecule has 3 nitrogen and oxygen atoms in total. The topological polar surface area (TPSA) is 50.9 Å². The zero-order valence-electron chi connectivity index (χ0n) is 7.59. The average Bonchev–Trinajstić information content (AvgIpc) is 1.99. The van der Waals surface area contributed by atoms with Crippen LogP contribution in [-0.2, 0) is 0 Å². The second kappa shape index (κ2) is 4.07. The number of nitrogens with zero attached hydrogens (tertiary/aromatic N) is 1. The van der Waals surface area contributed by atoms with Crippen molar-refractivity contribution >= 4 is 5.82 Å². The molecule has 66 valence electrons. The van der Waals surface area contributed by atoms with Gasteiger partial charge in [-0.1, -0.05) is 0 Å². The molecule has 1 heterocycles. The molecular formula is C9H15N3. The molecule has 0 amide bonds. The standard InChI is InChI=1S/C9H15N3/c1-7-5-8(2)12-9(6-7)11-4-3-10/h5-6H,3-4,10H2,1-2H3,(H,11,12). The van der Waals surface area contributed by atoms with Crippen LogP contribution in [-0.4, -0.2) is 18.1 Å². The molecule has 0 atom stereocenters. The number of aromatic nitrogens is 1. The summed E-state index contributed by atoms with van der Waals surface area (Å²) in [5, 5.41) is 3.14. The molecular weight excluding hydrogens is 150 g/mol. The van der Waals surface area contributed by atoms with Gasteiger partial charge >= 0.3 is 0 Å². The van der Waals surface area contributed by atoms with Crippen molar-refractivity contribution in [3.8, 4) is 0 Å². The van der Waals surface area contributed by atoms with E-state index in [1.54, 1.807) is 0 Å². The Morgan fingerprint density at radius 2 is 2.17 bits per heavy atom. The summed E-state index contributed by atoms with van der Waals surface area (Å²) in [5.41, 5.74) is 7.62. The summed E-state index contributed by atoms with van der Waals surface area (Å²) >= 11 is 0. The van der Waals surface area contributed by atoms with Crippen molar-refractivity contribution in [3.05, 3.63) is 23.4 Å². The third-order valence-corrected chi connectivity index (χ3v) is 1.55. The van der Waals surface area contributed by atoms with Gasteiger partial charge in [0.2, 0.25) is 0 Å². The first-order valence-electron chi connectivity index (χ1n) is 4.11. The molecule has 0 aliphatic carbocycles. The normalized spacial score (nSPS) is 9.92. The second-order valence-electron chi connectivity index (χ2n) is 2.89. The van der Waals surface area contributed by atoms with Gasteiger partial charge in [-0.15, -0.1) is 0 Å². The minimum absolute atomic E-state index is 0.634. The van der Waals surface area contributed by atoms with Crippen LogP contribution in [0.25, 0.3) is 0 Å². The predicted octanol–water partition coefficient (Wildman–Crippen LogP) is 1.07. The van der Waals surface area contributed by atoms with E-state index in [1.807, 2.05) is 19.1 Å². The quantitative estimate of drug-likeness (QED) is 0.704. The summed E-state index contributed by atoms with van der Waals surface area (Å²) in [6, 6.07) is 4.07. The SMILES string of the molecule is Cc1cc(C)nc(NCCN)c1. The minimum Gasteiger partial charge on any atom is -0.369 e. The highest BCUT2D eigenvalue weighted by atomic mass is 15.0. The maximum absolute atomic E-state index is 5.36. The summed E-state index contributed by atoms with van der Waals surface area (Å²) < 4.78 is 0. The summed E-state index contributed by atoms with van der Waals surface area (Å²) in [4.78, 5) is 4.30. The zero-order chi connectivity index (χ0) is 8.97. The fourth-order valence-electron chi connectivity index (χ4n) is 1.13. The highest BCUT2D eigenvalue weighted by molar-refractivity contribution is 5.38. The van der Waals surface area contributed by atoms with Crippen LogP contribution in [0.1, 0.15) is 11.3 Å². The zero-order valence-corrected chi connectivity index (χ0v) is 7.59. The molecule has 0 aliphatic heterocycles. The number of hydrogen-bond acceptors (Lipinski definition) is 3. The summed E-state index contributed by atoms with van der Waals surface area (Å²) in [6.45, 7) is 5.45. The van der Waals surface area contributed by atoms with Gasteiger partial charge < -0.3 is 11.1 Å². The van der Waals surface area contributed by atoms with Gasteiger partial charge in [0, 0.05) is 18.8 Å². The number of anilines is 1. The third-order valence-electron chi connectivity index (χ3n) is 1.55. The van der Waals surface area contributed by atoms with E-state index in [2.05, 4.69) is 17.2 Å². The molecule has 0 saturated heterocycles. The van der Waals surface area contributed by atoms with Crippen LogP contribution < -0.4 is 11.1 Å². The van der Waals surface area contributed by atoms with Crippen LogP contribution in [0, 0.1) is 13.8 Å². The molecule has 0 bridgehead atoms. The number of nitrogens with two attached hydrogens (primary N) is 1. The Bertz CT molecular complexity index is 238. The van der Waals surface area contributed by atoms with Crippen molar-refractivity contribution in [2.24, 2.45) is 5.73 Å². The molecule has 12 heavy (non-hydrogen) atoms. The van der Waals surface area contributed by atoms with Crippen LogP contribution in [0.15, 0.2) is 12.1 Å². The highest BCUT2D eigenvalue weighted by Gasteiger charge is 1.94. The molecule has 0 spiro atoms. The first kappa shape index (κ1) is 9.00. The van der Waals surface area contributed by atoms with Gasteiger partial charge in [0.25, 0.3) is 0 Å². The minimum atomic E-state index is 0.634. The highest BCUT2D eigenvalue weighted by Crippen LogP contribution is 2.07. The fraction of sp³-hybridized carbons (Fsp3) is 0.444. The largest absolute Gasteiger partial charge is 0.369 e. The molecule has 1 rings (SSSR count). The van der Waals surface area contributed by atoms with Crippen molar-refractivity contribution in [2.45, 2.75) is 13.8 Å².